The van der Waals surface area contributed by atoms with E-state index >= 15 is 0 Å². The Morgan fingerprint density at radius 1 is 1.25 bits per heavy atom. The normalized spacial score (nSPS) is 13.3. The predicted octanol–water partition coefficient (Wildman–Crippen LogP) is 4.35. The smallest absolute Gasteiger partial charge is 0.127 e. The monoisotopic (exact) mass is 351 g/mol. The molecule has 1 aromatic carbocycles. The molecule has 0 spiro atoms. The van der Waals surface area contributed by atoms with Crippen molar-refractivity contribution in [1.29, 1.82) is 0 Å². The second kappa shape index (κ2) is 5.88. The van der Waals surface area contributed by atoms with Gasteiger partial charge in [-0.15, -0.1) is 11.3 Å². The topological polar surface area (TPSA) is 21.3 Å². The maximum absolute atomic E-state index is 5.75. The number of ether oxygens (including phenoxy) is 1. The van der Waals surface area contributed by atoms with Crippen molar-refractivity contribution in [2.75, 3.05) is 6.61 Å². The van der Waals surface area contributed by atoms with Crippen LogP contribution in [0.4, 0.5) is 0 Å². The number of rotatable bonds is 4. The van der Waals surface area contributed by atoms with Crippen molar-refractivity contribution in [2.45, 2.75) is 33.4 Å². The molecule has 0 fully saturated rings. The fourth-order valence-corrected chi connectivity index (χ4v) is 4.11. The zero-order valence-corrected chi connectivity index (χ0v) is 14.2. The molecule has 20 heavy (non-hydrogen) atoms. The zero-order chi connectivity index (χ0) is 14.1. The highest BCUT2D eigenvalue weighted by molar-refractivity contribution is 9.10. The summed E-state index contributed by atoms with van der Waals surface area (Å²) in [4.78, 5) is 2.81. The molecule has 106 valence electrons. The van der Waals surface area contributed by atoms with Crippen LogP contribution in [-0.4, -0.2) is 6.61 Å². The van der Waals surface area contributed by atoms with Gasteiger partial charge in [-0.2, -0.15) is 0 Å². The lowest BCUT2D eigenvalue weighted by Gasteiger charge is -2.10. The standard InChI is InChI=1S/C16H18BrNOS/c1-10-5-15(20-11(10)2)9-18-8-13-7-14(17)6-12-3-4-19-16(12)13/h5-7,18H,3-4,8-9H2,1-2H3. The molecule has 2 heterocycles. The third kappa shape index (κ3) is 2.92. The quantitative estimate of drug-likeness (QED) is 0.883. The Morgan fingerprint density at radius 2 is 2.10 bits per heavy atom. The van der Waals surface area contributed by atoms with Gasteiger partial charge in [0.15, 0.2) is 0 Å². The molecule has 0 amide bonds. The Bertz CT molecular complexity index is 616. The van der Waals surface area contributed by atoms with Gasteiger partial charge in [-0.1, -0.05) is 15.9 Å². The minimum absolute atomic E-state index is 0.808. The van der Waals surface area contributed by atoms with Gasteiger partial charge in [-0.05, 0) is 43.2 Å². The van der Waals surface area contributed by atoms with Crippen LogP contribution in [0.2, 0.25) is 0 Å². The fraction of sp³-hybridized carbons (Fsp3) is 0.375. The lowest BCUT2D eigenvalue weighted by Crippen LogP contribution is -2.12. The summed E-state index contributed by atoms with van der Waals surface area (Å²) in [5.41, 5.74) is 3.95. The van der Waals surface area contributed by atoms with Crippen molar-refractivity contribution in [2.24, 2.45) is 0 Å². The predicted molar refractivity (Wildman–Crippen MR) is 87.7 cm³/mol. The van der Waals surface area contributed by atoms with Crippen molar-refractivity contribution in [1.82, 2.24) is 5.32 Å². The third-order valence-electron chi connectivity index (χ3n) is 3.66. The van der Waals surface area contributed by atoms with Crippen molar-refractivity contribution in [3.05, 3.63) is 49.1 Å². The molecule has 0 aliphatic carbocycles. The Balaban J connectivity index is 1.67. The number of nitrogens with one attached hydrogen (secondary N) is 1. The van der Waals surface area contributed by atoms with E-state index in [2.05, 4.69) is 53.3 Å². The van der Waals surface area contributed by atoms with Gasteiger partial charge in [0.2, 0.25) is 0 Å². The summed E-state index contributed by atoms with van der Waals surface area (Å²) < 4.78 is 6.89. The van der Waals surface area contributed by atoms with Gasteiger partial charge in [0.25, 0.3) is 0 Å². The zero-order valence-electron chi connectivity index (χ0n) is 11.8. The molecule has 2 nitrogen and oxygen atoms in total. The number of hydrogen-bond donors (Lipinski definition) is 1. The molecule has 1 N–H and O–H groups in total. The van der Waals surface area contributed by atoms with Gasteiger partial charge in [0.1, 0.15) is 5.75 Å². The molecular formula is C16H18BrNOS. The average molecular weight is 352 g/mol. The van der Waals surface area contributed by atoms with Crippen LogP contribution in [0.25, 0.3) is 0 Å². The molecule has 0 unspecified atom stereocenters. The van der Waals surface area contributed by atoms with Crippen LogP contribution >= 0.6 is 27.3 Å². The first kappa shape index (κ1) is 14.1. The Morgan fingerprint density at radius 3 is 2.85 bits per heavy atom. The van der Waals surface area contributed by atoms with E-state index in [-0.39, 0.29) is 0 Å². The first-order valence-corrected chi connectivity index (χ1v) is 8.45. The van der Waals surface area contributed by atoms with E-state index in [0.29, 0.717) is 0 Å². The van der Waals surface area contributed by atoms with Crippen molar-refractivity contribution >= 4 is 27.3 Å². The summed E-state index contributed by atoms with van der Waals surface area (Å²) in [6.07, 6.45) is 1.02. The highest BCUT2D eigenvalue weighted by Crippen LogP contribution is 2.33. The van der Waals surface area contributed by atoms with Crippen LogP contribution in [0, 0.1) is 13.8 Å². The van der Waals surface area contributed by atoms with Crippen LogP contribution in [0.5, 0.6) is 5.75 Å². The van der Waals surface area contributed by atoms with Crippen molar-refractivity contribution < 1.29 is 4.74 Å². The molecule has 1 aromatic heterocycles. The van der Waals surface area contributed by atoms with Gasteiger partial charge in [-0.3, -0.25) is 0 Å². The van der Waals surface area contributed by atoms with Crippen LogP contribution in [0.3, 0.4) is 0 Å². The van der Waals surface area contributed by atoms with Gasteiger partial charge < -0.3 is 10.1 Å². The number of aryl methyl sites for hydroxylation is 2. The summed E-state index contributed by atoms with van der Waals surface area (Å²) in [6.45, 7) is 6.92. The molecule has 1 aliphatic rings. The van der Waals surface area contributed by atoms with Gasteiger partial charge in [0, 0.05) is 39.3 Å². The maximum Gasteiger partial charge on any atom is 0.127 e. The van der Waals surface area contributed by atoms with Crippen LogP contribution < -0.4 is 10.1 Å². The van der Waals surface area contributed by atoms with Crippen LogP contribution in [0.1, 0.15) is 26.4 Å². The third-order valence-corrected chi connectivity index (χ3v) is 5.27. The Hall–Kier alpha value is -0.840. The van der Waals surface area contributed by atoms with E-state index in [1.165, 1.54) is 26.4 Å². The van der Waals surface area contributed by atoms with E-state index < -0.39 is 0 Å². The second-order valence-corrected chi connectivity index (χ2v) is 7.46. The molecule has 0 radical (unpaired) electrons. The molecular weight excluding hydrogens is 334 g/mol. The van der Waals surface area contributed by atoms with E-state index in [0.717, 1.165) is 36.3 Å². The number of halogens is 1. The van der Waals surface area contributed by atoms with E-state index in [4.69, 9.17) is 4.74 Å². The molecule has 0 bridgehead atoms. The van der Waals surface area contributed by atoms with E-state index in [1.807, 2.05) is 11.3 Å². The van der Waals surface area contributed by atoms with E-state index in [9.17, 15) is 0 Å². The summed E-state index contributed by atoms with van der Waals surface area (Å²) in [6, 6.07) is 6.59. The van der Waals surface area contributed by atoms with Gasteiger partial charge in [0.05, 0.1) is 6.61 Å². The molecule has 2 aromatic rings. The molecule has 3 rings (SSSR count). The molecule has 0 saturated heterocycles. The largest absolute Gasteiger partial charge is 0.493 e. The van der Waals surface area contributed by atoms with Crippen molar-refractivity contribution in [3.8, 4) is 5.75 Å². The number of hydrogen-bond acceptors (Lipinski definition) is 3. The van der Waals surface area contributed by atoms with E-state index in [1.54, 1.807) is 0 Å². The molecule has 0 atom stereocenters. The summed E-state index contributed by atoms with van der Waals surface area (Å²) >= 11 is 5.46. The van der Waals surface area contributed by atoms with Gasteiger partial charge in [-0.25, -0.2) is 0 Å². The van der Waals surface area contributed by atoms with Crippen LogP contribution in [-0.2, 0) is 19.5 Å². The second-order valence-electron chi connectivity index (χ2n) is 5.21. The molecule has 0 saturated carbocycles. The Kier molecular flexibility index (Phi) is 4.15. The first-order valence-electron chi connectivity index (χ1n) is 6.84. The maximum atomic E-state index is 5.75. The Labute approximate surface area is 132 Å². The summed E-state index contributed by atoms with van der Waals surface area (Å²) in [5.74, 6) is 1.08. The fourth-order valence-electron chi connectivity index (χ4n) is 2.53. The molecule has 1 aliphatic heterocycles. The number of benzene rings is 1. The minimum atomic E-state index is 0.808. The van der Waals surface area contributed by atoms with Crippen molar-refractivity contribution in [3.63, 3.8) is 0 Å². The number of fused-ring (bicyclic) bond motifs is 1. The SMILES string of the molecule is Cc1cc(CNCc2cc(Br)cc3c2OCC3)sc1C. The van der Waals surface area contributed by atoms with Gasteiger partial charge >= 0.3 is 0 Å². The highest BCUT2D eigenvalue weighted by atomic mass is 79.9. The average Bonchev–Trinajstić information content (AvgIpc) is 2.97. The molecule has 4 heteroatoms. The summed E-state index contributed by atoms with van der Waals surface area (Å²) in [5, 5.41) is 3.53. The minimum Gasteiger partial charge on any atom is -0.493 e. The lowest BCUT2D eigenvalue weighted by atomic mass is 10.1. The lowest BCUT2D eigenvalue weighted by molar-refractivity contribution is 0.352. The highest BCUT2D eigenvalue weighted by Gasteiger charge is 2.17. The summed E-state index contributed by atoms with van der Waals surface area (Å²) in [7, 11) is 0. The van der Waals surface area contributed by atoms with Crippen LogP contribution in [0.15, 0.2) is 22.7 Å². The first-order chi connectivity index (χ1) is 9.63. The number of thiophene rings is 1.